The van der Waals surface area contributed by atoms with Crippen LogP contribution in [0.5, 0.6) is 0 Å². The average molecular weight is 258 g/mol. The van der Waals surface area contributed by atoms with E-state index in [2.05, 4.69) is 0 Å². The van der Waals surface area contributed by atoms with E-state index in [0.717, 1.165) is 12.8 Å². The molecule has 106 valence electrons. The minimum Gasteiger partial charge on any atom is -0.458 e. The van der Waals surface area contributed by atoms with E-state index < -0.39 is 5.60 Å². The molecular formula is C14H26O4. The van der Waals surface area contributed by atoms with Crippen molar-refractivity contribution in [2.45, 2.75) is 64.6 Å². The van der Waals surface area contributed by atoms with Crippen LogP contribution in [-0.4, -0.2) is 37.5 Å². The van der Waals surface area contributed by atoms with E-state index in [0.29, 0.717) is 19.3 Å². The molecule has 1 fully saturated rings. The molecule has 0 aliphatic heterocycles. The van der Waals surface area contributed by atoms with Gasteiger partial charge in [0.25, 0.3) is 0 Å². The Morgan fingerprint density at radius 2 is 1.78 bits per heavy atom. The molecule has 1 aliphatic rings. The fourth-order valence-corrected chi connectivity index (χ4v) is 2.03. The first-order valence-corrected chi connectivity index (χ1v) is 6.88. The largest absolute Gasteiger partial charge is 0.458 e. The summed E-state index contributed by atoms with van der Waals surface area (Å²) >= 11 is 0. The highest BCUT2D eigenvalue weighted by molar-refractivity contribution is 5.71. The van der Waals surface area contributed by atoms with Crippen molar-refractivity contribution in [3.8, 4) is 0 Å². The average Bonchev–Trinajstić information content (AvgIpc) is 2.27. The second kappa shape index (κ2) is 7.74. The van der Waals surface area contributed by atoms with Gasteiger partial charge in [-0.3, -0.25) is 0 Å². The summed E-state index contributed by atoms with van der Waals surface area (Å²) in [7, 11) is 0. The van der Waals surface area contributed by atoms with Gasteiger partial charge in [-0.2, -0.15) is 0 Å². The molecule has 0 saturated heterocycles. The summed E-state index contributed by atoms with van der Waals surface area (Å²) in [5, 5.41) is 0. The maximum atomic E-state index is 11.3. The van der Waals surface area contributed by atoms with Crippen molar-refractivity contribution in [1.82, 2.24) is 0 Å². The van der Waals surface area contributed by atoms with Crippen molar-refractivity contribution in [3.05, 3.63) is 0 Å². The van der Waals surface area contributed by atoms with E-state index in [1.807, 2.05) is 20.8 Å². The van der Waals surface area contributed by atoms with Gasteiger partial charge in [-0.1, -0.05) is 19.3 Å². The van der Waals surface area contributed by atoms with Crippen LogP contribution in [0.15, 0.2) is 0 Å². The van der Waals surface area contributed by atoms with E-state index in [9.17, 15) is 4.79 Å². The molecule has 0 amide bonds. The molecule has 0 heterocycles. The fourth-order valence-electron chi connectivity index (χ4n) is 2.03. The molecule has 0 atom stereocenters. The predicted octanol–water partition coefficient (Wildman–Crippen LogP) is 2.69. The Bertz CT molecular complexity index is 239. The lowest BCUT2D eigenvalue weighted by Gasteiger charge is -2.22. The van der Waals surface area contributed by atoms with Gasteiger partial charge in [-0.15, -0.1) is 0 Å². The molecular weight excluding hydrogens is 232 g/mol. The predicted molar refractivity (Wildman–Crippen MR) is 69.5 cm³/mol. The number of hydrogen-bond acceptors (Lipinski definition) is 4. The third kappa shape index (κ3) is 7.67. The van der Waals surface area contributed by atoms with Crippen LogP contribution in [0, 0.1) is 0 Å². The number of carbonyl (C=O) groups is 1. The van der Waals surface area contributed by atoms with Crippen LogP contribution >= 0.6 is 0 Å². The molecule has 0 radical (unpaired) electrons. The summed E-state index contributed by atoms with van der Waals surface area (Å²) in [5.41, 5.74) is -0.445. The number of ether oxygens (including phenoxy) is 3. The van der Waals surface area contributed by atoms with Crippen molar-refractivity contribution in [2.75, 3.05) is 19.8 Å². The van der Waals surface area contributed by atoms with Crippen LogP contribution < -0.4 is 0 Å². The SMILES string of the molecule is CC(C)(C)OC(=O)COCCOC1CCCCC1. The van der Waals surface area contributed by atoms with Crippen molar-refractivity contribution >= 4 is 5.97 Å². The molecule has 1 rings (SSSR count). The van der Waals surface area contributed by atoms with E-state index in [-0.39, 0.29) is 12.6 Å². The second-order valence-electron chi connectivity index (χ2n) is 5.77. The summed E-state index contributed by atoms with van der Waals surface area (Å²) in [6, 6.07) is 0. The minimum absolute atomic E-state index is 0.00525. The molecule has 1 aliphatic carbocycles. The van der Waals surface area contributed by atoms with Crippen molar-refractivity contribution in [1.29, 1.82) is 0 Å². The smallest absolute Gasteiger partial charge is 0.332 e. The number of rotatable bonds is 6. The summed E-state index contributed by atoms with van der Waals surface area (Å²) < 4.78 is 16.1. The summed E-state index contributed by atoms with van der Waals surface area (Å²) in [4.78, 5) is 11.3. The molecule has 18 heavy (non-hydrogen) atoms. The first-order valence-electron chi connectivity index (χ1n) is 6.88. The molecule has 4 nitrogen and oxygen atoms in total. The Kier molecular flexibility index (Phi) is 6.65. The molecule has 0 aromatic carbocycles. The van der Waals surface area contributed by atoms with E-state index in [1.54, 1.807) is 0 Å². The highest BCUT2D eigenvalue weighted by Gasteiger charge is 2.16. The van der Waals surface area contributed by atoms with Crippen molar-refractivity contribution in [3.63, 3.8) is 0 Å². The zero-order chi connectivity index (χ0) is 13.4. The van der Waals surface area contributed by atoms with Crippen molar-refractivity contribution in [2.24, 2.45) is 0 Å². The molecule has 0 spiro atoms. The zero-order valence-corrected chi connectivity index (χ0v) is 11.9. The molecule has 0 unspecified atom stereocenters. The summed E-state index contributed by atoms with van der Waals surface area (Å²) in [5.74, 6) is -0.319. The summed E-state index contributed by atoms with van der Waals surface area (Å²) in [6.07, 6.45) is 6.57. The van der Waals surface area contributed by atoms with Crippen LogP contribution in [0.25, 0.3) is 0 Å². The number of esters is 1. The maximum absolute atomic E-state index is 11.3. The third-order valence-corrected chi connectivity index (χ3v) is 2.77. The lowest BCUT2D eigenvalue weighted by molar-refractivity contribution is -0.160. The van der Waals surface area contributed by atoms with Gasteiger partial charge in [0.2, 0.25) is 0 Å². The van der Waals surface area contributed by atoms with Gasteiger partial charge in [0.1, 0.15) is 12.2 Å². The Balaban J connectivity index is 1.96. The molecule has 0 N–H and O–H groups in total. The van der Waals surface area contributed by atoms with Crippen LogP contribution in [0.4, 0.5) is 0 Å². The minimum atomic E-state index is -0.445. The number of hydrogen-bond donors (Lipinski definition) is 0. The standard InChI is InChI=1S/C14H26O4/c1-14(2,3)18-13(15)11-16-9-10-17-12-7-5-4-6-8-12/h12H,4-11H2,1-3H3. The van der Waals surface area contributed by atoms with Gasteiger partial charge < -0.3 is 14.2 Å². The lowest BCUT2D eigenvalue weighted by Crippen LogP contribution is -2.27. The van der Waals surface area contributed by atoms with E-state index in [1.165, 1.54) is 19.3 Å². The topological polar surface area (TPSA) is 44.8 Å². The Hall–Kier alpha value is -0.610. The van der Waals surface area contributed by atoms with Gasteiger partial charge >= 0.3 is 5.97 Å². The van der Waals surface area contributed by atoms with Gasteiger partial charge in [0, 0.05) is 0 Å². The maximum Gasteiger partial charge on any atom is 0.332 e. The van der Waals surface area contributed by atoms with Crippen LogP contribution in [0.1, 0.15) is 52.9 Å². The van der Waals surface area contributed by atoms with Crippen molar-refractivity contribution < 1.29 is 19.0 Å². The normalized spacial score (nSPS) is 17.7. The molecule has 0 aromatic heterocycles. The molecule has 0 bridgehead atoms. The Morgan fingerprint density at radius 3 is 2.39 bits per heavy atom. The third-order valence-electron chi connectivity index (χ3n) is 2.77. The molecule has 4 heteroatoms. The van der Waals surface area contributed by atoms with Gasteiger partial charge in [-0.05, 0) is 33.6 Å². The van der Waals surface area contributed by atoms with Crippen LogP contribution in [0.2, 0.25) is 0 Å². The van der Waals surface area contributed by atoms with Crippen LogP contribution in [0.3, 0.4) is 0 Å². The first-order chi connectivity index (χ1) is 8.47. The monoisotopic (exact) mass is 258 g/mol. The zero-order valence-electron chi connectivity index (χ0n) is 11.9. The highest BCUT2D eigenvalue weighted by atomic mass is 16.6. The second-order valence-corrected chi connectivity index (χ2v) is 5.77. The molecule has 0 aromatic rings. The van der Waals surface area contributed by atoms with Gasteiger partial charge in [0.05, 0.1) is 19.3 Å². The van der Waals surface area contributed by atoms with Gasteiger partial charge in [0.15, 0.2) is 0 Å². The highest BCUT2D eigenvalue weighted by Crippen LogP contribution is 2.19. The first kappa shape index (κ1) is 15.4. The quantitative estimate of drug-likeness (QED) is 0.543. The Morgan fingerprint density at radius 1 is 1.11 bits per heavy atom. The molecule has 1 saturated carbocycles. The van der Waals surface area contributed by atoms with Crippen LogP contribution in [-0.2, 0) is 19.0 Å². The fraction of sp³-hybridized carbons (Fsp3) is 0.929. The Labute approximate surface area is 110 Å². The number of carbonyl (C=O) groups excluding carboxylic acids is 1. The van der Waals surface area contributed by atoms with E-state index >= 15 is 0 Å². The van der Waals surface area contributed by atoms with Gasteiger partial charge in [-0.25, -0.2) is 4.79 Å². The van der Waals surface area contributed by atoms with E-state index in [4.69, 9.17) is 14.2 Å². The summed E-state index contributed by atoms with van der Waals surface area (Å²) in [6.45, 7) is 6.56. The lowest BCUT2D eigenvalue weighted by atomic mass is 9.98.